The Morgan fingerprint density at radius 2 is 1.76 bits per heavy atom. The first kappa shape index (κ1) is 14.8. The molecule has 0 radical (unpaired) electrons. The molecule has 1 spiro atoms. The summed E-state index contributed by atoms with van der Waals surface area (Å²) in [4.78, 5) is 0.411. The van der Waals surface area contributed by atoms with Gasteiger partial charge < -0.3 is 0 Å². The third-order valence-corrected chi connectivity index (χ3v) is 7.00. The number of hydrogen-bond donors (Lipinski definition) is 0. The zero-order chi connectivity index (χ0) is 15.1. The van der Waals surface area contributed by atoms with E-state index in [-0.39, 0.29) is 5.54 Å². The fourth-order valence-corrected chi connectivity index (χ4v) is 5.68. The van der Waals surface area contributed by atoms with Crippen LogP contribution in [0.5, 0.6) is 0 Å². The van der Waals surface area contributed by atoms with Gasteiger partial charge in [-0.05, 0) is 57.6 Å². The molecule has 0 aromatic heterocycles. The van der Waals surface area contributed by atoms with Crippen molar-refractivity contribution in [3.63, 3.8) is 0 Å². The average Bonchev–Trinajstić information content (AvgIpc) is 2.81. The van der Waals surface area contributed by atoms with Crippen LogP contribution in [0.1, 0.15) is 44.1 Å². The third kappa shape index (κ3) is 2.34. The van der Waals surface area contributed by atoms with Gasteiger partial charge in [-0.15, -0.1) is 0 Å². The van der Waals surface area contributed by atoms with Crippen LogP contribution in [0.4, 0.5) is 0 Å². The molecule has 1 heterocycles. The normalized spacial score (nSPS) is 27.4. The number of piperidine rings is 1. The molecule has 1 saturated carbocycles. The van der Waals surface area contributed by atoms with Crippen molar-refractivity contribution < 1.29 is 8.42 Å². The van der Waals surface area contributed by atoms with Crippen molar-refractivity contribution in [2.45, 2.75) is 55.9 Å². The number of hydrogen-bond acceptors (Lipinski definition) is 2. The molecule has 2 fully saturated rings. The summed E-state index contributed by atoms with van der Waals surface area (Å²) in [7, 11) is -3.43. The van der Waals surface area contributed by atoms with Crippen molar-refractivity contribution >= 4 is 10.0 Å². The van der Waals surface area contributed by atoms with Gasteiger partial charge in [-0.3, -0.25) is 0 Å². The Hall–Kier alpha value is -1.13. The van der Waals surface area contributed by atoms with Crippen molar-refractivity contribution in [3.8, 4) is 0 Å². The summed E-state index contributed by atoms with van der Waals surface area (Å²) in [6, 6.07) is 7.19. The first-order valence-corrected chi connectivity index (χ1v) is 9.19. The zero-order valence-corrected chi connectivity index (χ0v) is 13.5. The highest BCUT2D eigenvalue weighted by molar-refractivity contribution is 7.89. The van der Waals surface area contributed by atoms with Crippen LogP contribution in [0.2, 0.25) is 0 Å². The number of aryl methyl sites for hydroxylation is 1. The van der Waals surface area contributed by atoms with Gasteiger partial charge >= 0.3 is 0 Å². The lowest BCUT2D eigenvalue weighted by molar-refractivity contribution is 0.173. The van der Waals surface area contributed by atoms with Crippen molar-refractivity contribution in [1.29, 1.82) is 0 Å². The Morgan fingerprint density at radius 3 is 2.38 bits per heavy atom. The third-order valence-electron chi connectivity index (χ3n) is 5.01. The van der Waals surface area contributed by atoms with E-state index in [9.17, 15) is 8.42 Å². The summed E-state index contributed by atoms with van der Waals surface area (Å²) in [5.41, 5.74) is 1.87. The van der Waals surface area contributed by atoms with Crippen LogP contribution in [-0.4, -0.2) is 24.8 Å². The van der Waals surface area contributed by atoms with Crippen molar-refractivity contribution in [3.05, 3.63) is 42.0 Å². The lowest BCUT2D eigenvalue weighted by atomic mass is 9.84. The summed E-state index contributed by atoms with van der Waals surface area (Å²) >= 11 is 0. The highest BCUT2D eigenvalue weighted by atomic mass is 32.2. The van der Waals surface area contributed by atoms with Crippen molar-refractivity contribution in [2.75, 3.05) is 6.54 Å². The SMILES string of the molecule is C=C1CCC[C@]12CCCCN2S(=O)(=O)c1ccc(C)cc1. The van der Waals surface area contributed by atoms with E-state index >= 15 is 0 Å². The second-order valence-electron chi connectivity index (χ2n) is 6.34. The highest BCUT2D eigenvalue weighted by Gasteiger charge is 2.49. The Morgan fingerprint density at radius 1 is 1.10 bits per heavy atom. The maximum Gasteiger partial charge on any atom is 0.243 e. The molecular weight excluding hydrogens is 282 g/mol. The van der Waals surface area contributed by atoms with Crippen LogP contribution in [0.3, 0.4) is 0 Å². The van der Waals surface area contributed by atoms with Crippen LogP contribution in [0.15, 0.2) is 41.3 Å². The summed E-state index contributed by atoms with van der Waals surface area (Å²) in [6.45, 7) is 6.79. The van der Waals surface area contributed by atoms with Crippen LogP contribution >= 0.6 is 0 Å². The van der Waals surface area contributed by atoms with Gasteiger partial charge in [-0.25, -0.2) is 8.42 Å². The molecule has 3 rings (SSSR count). The van der Waals surface area contributed by atoms with Gasteiger partial charge in [0, 0.05) is 6.54 Å². The van der Waals surface area contributed by atoms with E-state index in [2.05, 4.69) is 6.58 Å². The summed E-state index contributed by atoms with van der Waals surface area (Å²) in [5, 5.41) is 0. The Balaban J connectivity index is 2.03. The van der Waals surface area contributed by atoms with E-state index in [0.29, 0.717) is 11.4 Å². The number of benzene rings is 1. The van der Waals surface area contributed by atoms with Crippen LogP contribution in [-0.2, 0) is 10.0 Å². The summed E-state index contributed by atoms with van der Waals surface area (Å²) in [5.74, 6) is 0. The van der Waals surface area contributed by atoms with E-state index in [1.807, 2.05) is 19.1 Å². The van der Waals surface area contributed by atoms with Gasteiger partial charge in [-0.1, -0.05) is 29.8 Å². The summed E-state index contributed by atoms with van der Waals surface area (Å²) < 4.78 is 27.9. The predicted molar refractivity (Wildman–Crippen MR) is 84.6 cm³/mol. The number of nitrogens with zero attached hydrogens (tertiary/aromatic N) is 1. The minimum absolute atomic E-state index is 0.317. The minimum atomic E-state index is -3.43. The molecule has 21 heavy (non-hydrogen) atoms. The highest BCUT2D eigenvalue weighted by Crippen LogP contribution is 2.47. The van der Waals surface area contributed by atoms with Gasteiger partial charge in [0.1, 0.15) is 0 Å². The Kier molecular flexibility index (Phi) is 3.70. The molecule has 1 aliphatic heterocycles. The smallest absolute Gasteiger partial charge is 0.207 e. The quantitative estimate of drug-likeness (QED) is 0.782. The second-order valence-corrected chi connectivity index (χ2v) is 8.20. The first-order valence-electron chi connectivity index (χ1n) is 7.75. The molecule has 1 saturated heterocycles. The molecule has 3 nitrogen and oxygen atoms in total. The molecule has 0 unspecified atom stereocenters. The van der Waals surface area contributed by atoms with E-state index in [4.69, 9.17) is 0 Å². The molecular formula is C17H23NO2S. The number of rotatable bonds is 2. The van der Waals surface area contributed by atoms with Gasteiger partial charge in [0.25, 0.3) is 0 Å². The fraction of sp³-hybridized carbons (Fsp3) is 0.529. The first-order chi connectivity index (χ1) is 9.97. The molecule has 1 atom stereocenters. The van der Waals surface area contributed by atoms with E-state index in [1.165, 1.54) is 0 Å². The van der Waals surface area contributed by atoms with Crippen molar-refractivity contribution in [2.24, 2.45) is 0 Å². The van der Waals surface area contributed by atoms with Crippen LogP contribution < -0.4 is 0 Å². The zero-order valence-electron chi connectivity index (χ0n) is 12.6. The molecule has 1 aromatic rings. The molecule has 0 bridgehead atoms. The van der Waals surface area contributed by atoms with Gasteiger partial charge in [0.15, 0.2) is 0 Å². The largest absolute Gasteiger partial charge is 0.243 e. The topological polar surface area (TPSA) is 37.4 Å². The maximum atomic E-state index is 13.1. The second kappa shape index (κ2) is 5.25. The average molecular weight is 305 g/mol. The standard InChI is InChI=1S/C17H23NO2S/c1-14-7-9-16(10-8-14)21(19,20)18-13-4-3-11-17(18)12-5-6-15(17)2/h7-10H,2-6,11-13H2,1H3/t17-/m1/s1. The van der Waals surface area contributed by atoms with Gasteiger partial charge in [-0.2, -0.15) is 4.31 Å². The van der Waals surface area contributed by atoms with E-state index in [1.54, 1.807) is 16.4 Å². The molecule has 1 aromatic carbocycles. The Bertz CT molecular complexity index is 648. The monoisotopic (exact) mass is 305 g/mol. The molecule has 4 heteroatoms. The van der Waals surface area contributed by atoms with Crippen LogP contribution in [0.25, 0.3) is 0 Å². The maximum absolute atomic E-state index is 13.1. The molecule has 114 valence electrons. The lowest BCUT2D eigenvalue weighted by Crippen LogP contribution is -2.53. The van der Waals surface area contributed by atoms with Crippen LogP contribution in [0, 0.1) is 6.92 Å². The van der Waals surface area contributed by atoms with E-state index < -0.39 is 10.0 Å². The lowest BCUT2D eigenvalue weighted by Gasteiger charge is -2.44. The Labute approximate surface area is 127 Å². The van der Waals surface area contributed by atoms with Gasteiger partial charge in [0.05, 0.1) is 10.4 Å². The van der Waals surface area contributed by atoms with E-state index in [0.717, 1.165) is 49.7 Å². The fourth-order valence-electron chi connectivity index (χ4n) is 3.81. The molecule has 0 N–H and O–H groups in total. The van der Waals surface area contributed by atoms with Crippen molar-refractivity contribution in [1.82, 2.24) is 4.31 Å². The number of sulfonamides is 1. The molecule has 1 aliphatic carbocycles. The summed E-state index contributed by atoms with van der Waals surface area (Å²) in [6.07, 6.45) is 5.91. The molecule has 2 aliphatic rings. The predicted octanol–water partition coefficient (Wildman–Crippen LogP) is 3.65. The minimum Gasteiger partial charge on any atom is -0.207 e. The van der Waals surface area contributed by atoms with Gasteiger partial charge in [0.2, 0.25) is 10.0 Å². The molecule has 0 amide bonds.